The van der Waals surface area contributed by atoms with Gasteiger partial charge in [0.05, 0.1) is 6.61 Å². The van der Waals surface area contributed by atoms with Crippen molar-refractivity contribution in [2.24, 2.45) is 7.05 Å². The van der Waals surface area contributed by atoms with E-state index in [1.165, 1.54) is 0 Å². The average molecular weight is 202 g/mol. The molecule has 1 rings (SSSR count). The molecule has 0 bridgehead atoms. The Balaban J connectivity index is 0.000000671. The summed E-state index contributed by atoms with van der Waals surface area (Å²) in [6, 6.07) is 0. The van der Waals surface area contributed by atoms with Crippen LogP contribution in [-0.4, -0.2) is 16.4 Å². The summed E-state index contributed by atoms with van der Waals surface area (Å²) >= 11 is 5.08. The van der Waals surface area contributed by atoms with Gasteiger partial charge in [-0.25, -0.2) is 0 Å². The Kier molecular flexibility index (Phi) is 5.46. The number of rotatable bonds is 2. The number of nitrogens with one attached hydrogen (secondary N) is 1. The van der Waals surface area contributed by atoms with Crippen LogP contribution >= 0.6 is 12.2 Å². The van der Waals surface area contributed by atoms with E-state index in [1.54, 1.807) is 4.68 Å². The molecule has 0 amide bonds. The van der Waals surface area contributed by atoms with Crippen LogP contribution in [0, 0.1) is 11.6 Å². The number of aromatic amines is 1. The minimum atomic E-state index is 0.663. The fraction of sp³-hybridized carbons (Fsp3) is 0.667. The molecule has 0 aliphatic rings. The maximum absolute atomic E-state index is 5.30. The quantitative estimate of drug-likeness (QED) is 0.747. The number of hydrogen-bond acceptors (Lipinski definition) is 2. The molecule has 0 atom stereocenters. The zero-order valence-electron chi connectivity index (χ0n) is 8.97. The summed E-state index contributed by atoms with van der Waals surface area (Å²) in [5.41, 5.74) is 1.00. The summed E-state index contributed by atoms with van der Waals surface area (Å²) in [6.45, 7) is 8.56. The van der Waals surface area contributed by atoms with Crippen LogP contribution in [0.15, 0.2) is 0 Å². The molecule has 0 aromatic carbocycles. The molecule has 0 saturated heterocycles. The molecule has 0 unspecified atom stereocenters. The summed E-state index contributed by atoms with van der Waals surface area (Å²) in [5.74, 6) is 0.778. The first-order valence-electron chi connectivity index (χ1n) is 4.55. The Bertz CT molecular complexity index is 301. The lowest BCUT2D eigenvalue weighted by atomic mass is 10.4. The lowest BCUT2D eigenvalue weighted by molar-refractivity contribution is 0.321. The van der Waals surface area contributed by atoms with E-state index in [-0.39, 0.29) is 0 Å². The highest BCUT2D eigenvalue weighted by Crippen LogP contribution is 2.15. The summed E-state index contributed by atoms with van der Waals surface area (Å²) < 4.78 is 7.87. The van der Waals surface area contributed by atoms with Crippen molar-refractivity contribution in [2.45, 2.75) is 27.7 Å². The predicted molar refractivity (Wildman–Crippen MR) is 57.9 cm³/mol. The molecule has 3 nitrogen and oxygen atoms in total. The number of ether oxygens (including phenoxy) is 1. The third-order valence-electron chi connectivity index (χ3n) is 1.52. The molecule has 4 heteroatoms. The van der Waals surface area contributed by atoms with Crippen molar-refractivity contribution < 1.29 is 4.74 Å². The van der Waals surface area contributed by atoms with E-state index < -0.39 is 0 Å². The molecule has 1 heterocycles. The molecule has 0 aliphatic carbocycles. The van der Waals surface area contributed by atoms with Crippen LogP contribution in [0.3, 0.4) is 0 Å². The molecule has 76 valence electrons. The predicted octanol–water partition coefficient (Wildman–Crippen LogP) is 2.82. The van der Waals surface area contributed by atoms with Gasteiger partial charge in [0.1, 0.15) is 4.64 Å². The minimum absolute atomic E-state index is 0.663. The third-order valence-corrected chi connectivity index (χ3v) is 2.10. The van der Waals surface area contributed by atoms with Gasteiger partial charge in [0.2, 0.25) is 5.88 Å². The molecular formula is C9H18N2OS. The van der Waals surface area contributed by atoms with Gasteiger partial charge in [-0.15, -0.1) is 0 Å². The number of H-pyrrole nitrogens is 1. The zero-order chi connectivity index (χ0) is 10.4. The van der Waals surface area contributed by atoms with Crippen LogP contribution in [-0.2, 0) is 7.05 Å². The molecule has 1 aromatic heterocycles. The number of aryl methyl sites for hydroxylation is 1. The van der Waals surface area contributed by atoms with Gasteiger partial charge in [0.25, 0.3) is 0 Å². The van der Waals surface area contributed by atoms with Gasteiger partial charge in [-0.3, -0.25) is 9.78 Å². The molecule has 13 heavy (non-hydrogen) atoms. The summed E-state index contributed by atoms with van der Waals surface area (Å²) in [5, 5.41) is 3.00. The summed E-state index contributed by atoms with van der Waals surface area (Å²) in [4.78, 5) is 0. The number of nitrogens with zero attached hydrogens (tertiary/aromatic N) is 1. The van der Waals surface area contributed by atoms with Crippen LogP contribution in [0.5, 0.6) is 5.88 Å². The van der Waals surface area contributed by atoms with Gasteiger partial charge in [-0.1, -0.05) is 26.1 Å². The molecule has 0 aliphatic heterocycles. The van der Waals surface area contributed by atoms with Crippen molar-refractivity contribution >= 4 is 12.2 Å². The molecule has 0 spiro atoms. The largest absolute Gasteiger partial charge is 0.478 e. The minimum Gasteiger partial charge on any atom is -0.478 e. The second-order valence-corrected chi connectivity index (χ2v) is 2.75. The molecule has 0 fully saturated rings. The maximum atomic E-state index is 5.30. The van der Waals surface area contributed by atoms with Crippen molar-refractivity contribution in [3.05, 3.63) is 10.2 Å². The van der Waals surface area contributed by atoms with Crippen molar-refractivity contribution in [2.75, 3.05) is 6.61 Å². The van der Waals surface area contributed by atoms with Gasteiger partial charge in [0, 0.05) is 12.6 Å². The Morgan fingerprint density at radius 1 is 1.46 bits per heavy atom. The van der Waals surface area contributed by atoms with Gasteiger partial charge in [-0.2, -0.15) is 0 Å². The normalized spacial score (nSPS) is 9.00. The smallest absolute Gasteiger partial charge is 0.211 e. The van der Waals surface area contributed by atoms with Crippen LogP contribution in [0.4, 0.5) is 0 Å². The highest BCUT2D eigenvalue weighted by atomic mass is 32.1. The van der Waals surface area contributed by atoms with E-state index in [9.17, 15) is 0 Å². The summed E-state index contributed by atoms with van der Waals surface area (Å²) in [6.07, 6.45) is 0. The van der Waals surface area contributed by atoms with E-state index in [2.05, 4.69) is 5.10 Å². The highest BCUT2D eigenvalue weighted by Gasteiger charge is 2.03. The van der Waals surface area contributed by atoms with Crippen LogP contribution in [0.25, 0.3) is 0 Å². The van der Waals surface area contributed by atoms with Crippen molar-refractivity contribution in [1.82, 2.24) is 9.78 Å². The Hall–Kier alpha value is -0.770. The molecule has 0 saturated carbocycles. The van der Waals surface area contributed by atoms with E-state index >= 15 is 0 Å². The topological polar surface area (TPSA) is 29.9 Å². The van der Waals surface area contributed by atoms with Gasteiger partial charge >= 0.3 is 0 Å². The monoisotopic (exact) mass is 202 g/mol. The Morgan fingerprint density at radius 2 is 2.00 bits per heavy atom. The van der Waals surface area contributed by atoms with Gasteiger partial charge in [0.15, 0.2) is 0 Å². The van der Waals surface area contributed by atoms with E-state index in [0.29, 0.717) is 6.61 Å². The lowest BCUT2D eigenvalue weighted by Gasteiger charge is -1.98. The van der Waals surface area contributed by atoms with Crippen molar-refractivity contribution in [1.29, 1.82) is 0 Å². The van der Waals surface area contributed by atoms with Crippen molar-refractivity contribution in [3.63, 3.8) is 0 Å². The van der Waals surface area contributed by atoms with Crippen LogP contribution in [0.2, 0.25) is 0 Å². The number of aromatic nitrogens is 2. The number of hydrogen-bond donors (Lipinski definition) is 1. The standard InChI is InChI=1S/C7H12N2OS.C2H6/c1-4-10-6-5(2)7(11)9(3)8-6;1-2/h8H,4H2,1-3H3;1-2H3. The third kappa shape index (κ3) is 2.88. The zero-order valence-corrected chi connectivity index (χ0v) is 9.79. The Morgan fingerprint density at radius 3 is 2.31 bits per heavy atom. The fourth-order valence-electron chi connectivity index (χ4n) is 0.920. The lowest BCUT2D eigenvalue weighted by Crippen LogP contribution is -1.94. The maximum Gasteiger partial charge on any atom is 0.211 e. The summed E-state index contributed by atoms with van der Waals surface area (Å²) in [7, 11) is 1.87. The average Bonchev–Trinajstić information content (AvgIpc) is 2.38. The SMILES string of the molecule is CC.CCOc1[nH]n(C)c(=S)c1C. The van der Waals surface area contributed by atoms with E-state index in [4.69, 9.17) is 17.0 Å². The molecule has 1 N–H and O–H groups in total. The first kappa shape index (κ1) is 12.2. The first-order chi connectivity index (χ1) is 6.16. The van der Waals surface area contributed by atoms with E-state index in [1.807, 2.05) is 34.7 Å². The molecule has 0 radical (unpaired) electrons. The highest BCUT2D eigenvalue weighted by molar-refractivity contribution is 7.71. The first-order valence-corrected chi connectivity index (χ1v) is 4.96. The van der Waals surface area contributed by atoms with Crippen LogP contribution < -0.4 is 4.74 Å². The fourth-order valence-corrected chi connectivity index (χ4v) is 1.06. The molecular weight excluding hydrogens is 184 g/mol. The second kappa shape index (κ2) is 5.80. The second-order valence-electron chi connectivity index (χ2n) is 2.36. The van der Waals surface area contributed by atoms with E-state index in [0.717, 1.165) is 16.1 Å². The Labute approximate surface area is 84.7 Å². The van der Waals surface area contributed by atoms with Crippen molar-refractivity contribution in [3.8, 4) is 5.88 Å². The molecule has 1 aromatic rings. The van der Waals surface area contributed by atoms with Crippen LogP contribution in [0.1, 0.15) is 26.3 Å². The van der Waals surface area contributed by atoms with Gasteiger partial charge < -0.3 is 4.74 Å². The van der Waals surface area contributed by atoms with Gasteiger partial charge in [-0.05, 0) is 13.8 Å².